The van der Waals surface area contributed by atoms with Crippen molar-refractivity contribution < 1.29 is 19.1 Å². The molecule has 0 spiro atoms. The van der Waals surface area contributed by atoms with Crippen LogP contribution in [0.4, 0.5) is 4.79 Å². The third-order valence-electron chi connectivity index (χ3n) is 2.49. The first kappa shape index (κ1) is 14.4. The van der Waals surface area contributed by atoms with Crippen LogP contribution in [-0.2, 0) is 9.53 Å². The van der Waals surface area contributed by atoms with Crippen molar-refractivity contribution in [1.82, 2.24) is 5.32 Å². The molecule has 0 aromatic carbocycles. The Bertz CT molecular complexity index is 377. The van der Waals surface area contributed by atoms with E-state index in [-0.39, 0.29) is 0 Å². The van der Waals surface area contributed by atoms with E-state index in [4.69, 9.17) is 10.3 Å². The molecule has 1 aliphatic carbocycles. The highest BCUT2D eigenvalue weighted by Crippen LogP contribution is 2.33. The predicted octanol–water partition coefficient (Wildman–Crippen LogP) is 1.55. The van der Waals surface area contributed by atoms with Gasteiger partial charge in [-0.25, -0.2) is 4.79 Å². The highest BCUT2D eigenvalue weighted by atomic mass is 16.6. The molecule has 0 bridgehead atoms. The van der Waals surface area contributed by atoms with Gasteiger partial charge in [0.05, 0.1) is 0 Å². The van der Waals surface area contributed by atoms with Crippen LogP contribution in [0.2, 0.25) is 0 Å². The lowest BCUT2D eigenvalue weighted by atomic mass is 10.1. The number of hydrogen-bond donors (Lipinski definition) is 1. The van der Waals surface area contributed by atoms with Crippen LogP contribution >= 0.6 is 0 Å². The molecule has 6 nitrogen and oxygen atoms in total. The van der Waals surface area contributed by atoms with Gasteiger partial charge in [0.25, 0.3) is 5.78 Å². The lowest BCUT2D eigenvalue weighted by molar-refractivity contribution is -0.118. The molecule has 1 amide bonds. The van der Waals surface area contributed by atoms with Crippen LogP contribution in [0.25, 0.3) is 5.53 Å². The van der Waals surface area contributed by atoms with Crippen LogP contribution in [-0.4, -0.2) is 34.5 Å². The summed E-state index contributed by atoms with van der Waals surface area (Å²) in [5.41, 5.74) is 7.75. The van der Waals surface area contributed by atoms with E-state index in [0.717, 1.165) is 19.1 Å². The molecule has 1 atom stereocenters. The zero-order valence-electron chi connectivity index (χ0n) is 11.0. The number of Topliss-reactive ketones (excluding diaryl/α,β-unsaturated/α-hetero) is 1. The number of nitrogens with zero attached hydrogens (tertiary/aromatic N) is 2. The summed E-state index contributed by atoms with van der Waals surface area (Å²) in [6.07, 6.45) is 2.87. The summed E-state index contributed by atoms with van der Waals surface area (Å²) in [6.45, 7) is 5.25. The van der Waals surface area contributed by atoms with Crippen molar-refractivity contribution >= 4 is 18.1 Å². The number of rotatable bonds is 5. The second-order valence-electron chi connectivity index (χ2n) is 5.52. The largest absolute Gasteiger partial charge is 0.444 e. The lowest BCUT2D eigenvalue weighted by Crippen LogP contribution is -2.44. The molecule has 0 heterocycles. The van der Waals surface area contributed by atoms with E-state index in [9.17, 15) is 9.59 Å². The van der Waals surface area contributed by atoms with Gasteiger partial charge in [-0.3, -0.25) is 4.79 Å². The van der Waals surface area contributed by atoms with Crippen LogP contribution in [0.15, 0.2) is 0 Å². The molecular weight excluding hydrogens is 234 g/mol. The Hall–Kier alpha value is -1.68. The van der Waals surface area contributed by atoms with E-state index < -0.39 is 23.5 Å². The van der Waals surface area contributed by atoms with Crippen molar-refractivity contribution in [2.45, 2.75) is 51.7 Å². The van der Waals surface area contributed by atoms with Crippen LogP contribution in [0.5, 0.6) is 0 Å². The number of nitrogens with one attached hydrogen (secondary N) is 1. The molecule has 0 aliphatic heterocycles. The molecule has 1 rings (SSSR count). The first-order valence-corrected chi connectivity index (χ1v) is 6.02. The topological polar surface area (TPSA) is 91.8 Å². The molecule has 1 N–H and O–H groups in total. The highest BCUT2D eigenvalue weighted by molar-refractivity contribution is 6.28. The second kappa shape index (κ2) is 5.78. The van der Waals surface area contributed by atoms with Gasteiger partial charge >= 0.3 is 12.3 Å². The minimum absolute atomic E-state index is 0.421. The fraction of sp³-hybridized carbons (Fsp3) is 0.750. The molecular formula is C12H19N3O3. The van der Waals surface area contributed by atoms with E-state index >= 15 is 0 Å². The monoisotopic (exact) mass is 253 g/mol. The normalized spacial score (nSPS) is 16.4. The Morgan fingerprint density at radius 2 is 2.11 bits per heavy atom. The van der Waals surface area contributed by atoms with Crippen molar-refractivity contribution in [2.75, 3.05) is 0 Å². The van der Waals surface area contributed by atoms with Crippen LogP contribution < -0.4 is 5.32 Å². The smallest absolute Gasteiger partial charge is 0.408 e. The standard InChI is InChI=1S/C12H19N3O3/c1-12(2,3)18-11(17)15-9(6-8-4-5-8)10(16)7-14-13/h7-9H,4-6H2,1-3H3,(H,15,17)/t9-/m1/s1. The van der Waals surface area contributed by atoms with Gasteiger partial charge in [0, 0.05) is 0 Å². The number of amides is 1. The molecule has 1 aliphatic rings. The summed E-state index contributed by atoms with van der Waals surface area (Å²) in [5.74, 6) is 0.0382. The fourth-order valence-electron chi connectivity index (χ4n) is 1.53. The van der Waals surface area contributed by atoms with E-state index in [2.05, 4.69) is 10.1 Å². The quantitative estimate of drug-likeness (QED) is 0.457. The minimum atomic E-state index is -0.678. The van der Waals surface area contributed by atoms with E-state index in [0.29, 0.717) is 12.3 Å². The van der Waals surface area contributed by atoms with Crippen LogP contribution in [0, 0.1) is 5.92 Å². The number of carbonyl (C=O) groups is 2. The maximum Gasteiger partial charge on any atom is 0.408 e. The molecule has 0 unspecified atom stereocenters. The van der Waals surface area contributed by atoms with Crippen molar-refractivity contribution in [2.24, 2.45) is 5.92 Å². The minimum Gasteiger partial charge on any atom is -0.444 e. The number of hydrogen-bond acceptors (Lipinski definition) is 3. The first-order valence-electron chi connectivity index (χ1n) is 6.02. The third-order valence-corrected chi connectivity index (χ3v) is 2.49. The zero-order valence-corrected chi connectivity index (χ0v) is 11.0. The Morgan fingerprint density at radius 3 is 2.56 bits per heavy atom. The second-order valence-corrected chi connectivity index (χ2v) is 5.52. The van der Waals surface area contributed by atoms with Gasteiger partial charge in [-0.15, -0.1) is 0 Å². The van der Waals surface area contributed by atoms with Gasteiger partial charge in [0.15, 0.2) is 0 Å². The van der Waals surface area contributed by atoms with Crippen molar-refractivity contribution in [1.29, 1.82) is 0 Å². The number of carbonyl (C=O) groups excluding carboxylic acids is 2. The fourth-order valence-corrected chi connectivity index (χ4v) is 1.53. The maximum atomic E-state index is 11.6. The molecule has 0 radical (unpaired) electrons. The molecule has 1 fully saturated rings. The average molecular weight is 253 g/mol. The molecule has 0 aromatic heterocycles. The summed E-state index contributed by atoms with van der Waals surface area (Å²) in [4.78, 5) is 25.9. The van der Waals surface area contributed by atoms with Crippen molar-refractivity contribution in [3.05, 3.63) is 5.53 Å². The first-order chi connectivity index (χ1) is 8.31. The predicted molar refractivity (Wildman–Crippen MR) is 65.2 cm³/mol. The summed E-state index contributed by atoms with van der Waals surface area (Å²) in [7, 11) is 0. The molecule has 0 aromatic rings. The number of alkyl carbamates (subject to hydrolysis) is 1. The lowest BCUT2D eigenvalue weighted by Gasteiger charge is -2.22. The third kappa shape index (κ3) is 5.59. The average Bonchev–Trinajstić information content (AvgIpc) is 2.98. The van der Waals surface area contributed by atoms with Crippen molar-refractivity contribution in [3.63, 3.8) is 0 Å². The van der Waals surface area contributed by atoms with Gasteiger partial charge in [-0.1, -0.05) is 12.8 Å². The van der Waals surface area contributed by atoms with E-state index in [1.807, 2.05) is 0 Å². The maximum absolute atomic E-state index is 11.6. The summed E-state index contributed by atoms with van der Waals surface area (Å²) in [5, 5.41) is 2.52. The number of ketones is 1. The zero-order chi connectivity index (χ0) is 13.8. The molecule has 100 valence electrons. The summed E-state index contributed by atoms with van der Waals surface area (Å²) >= 11 is 0. The van der Waals surface area contributed by atoms with Gasteiger partial charge in [-0.2, -0.15) is 4.79 Å². The molecule has 6 heteroatoms. The molecule has 18 heavy (non-hydrogen) atoms. The van der Waals surface area contributed by atoms with E-state index in [1.54, 1.807) is 20.8 Å². The number of ether oxygens (including phenoxy) is 1. The van der Waals surface area contributed by atoms with Gasteiger partial charge in [-0.05, 0) is 33.1 Å². The molecule has 0 saturated heterocycles. The highest BCUT2D eigenvalue weighted by Gasteiger charge is 2.32. The van der Waals surface area contributed by atoms with Crippen molar-refractivity contribution in [3.8, 4) is 0 Å². The van der Waals surface area contributed by atoms with Gasteiger partial charge < -0.3 is 15.6 Å². The SMILES string of the molecule is CC(C)(C)OC(=O)N[C@H](CC1CC1)C(=O)C=[N+]=[N-]. The summed E-state index contributed by atoms with van der Waals surface area (Å²) in [6, 6.07) is -0.678. The van der Waals surface area contributed by atoms with Gasteiger partial charge in [0.2, 0.25) is 0 Å². The Morgan fingerprint density at radius 1 is 1.50 bits per heavy atom. The van der Waals surface area contributed by atoms with Crippen LogP contribution in [0.1, 0.15) is 40.0 Å². The Labute approximate surface area is 106 Å². The Kier molecular flexibility index (Phi) is 4.62. The van der Waals surface area contributed by atoms with Gasteiger partial charge in [0.1, 0.15) is 11.6 Å². The summed E-state index contributed by atoms with van der Waals surface area (Å²) < 4.78 is 5.09. The van der Waals surface area contributed by atoms with E-state index in [1.165, 1.54) is 0 Å². The Balaban J connectivity index is 2.56. The van der Waals surface area contributed by atoms with Crippen LogP contribution in [0.3, 0.4) is 0 Å². The molecule has 1 saturated carbocycles.